The second-order valence-corrected chi connectivity index (χ2v) is 4.40. The van der Waals surface area contributed by atoms with E-state index >= 15 is 0 Å². The highest BCUT2D eigenvalue weighted by Crippen LogP contribution is 2.30. The van der Waals surface area contributed by atoms with Crippen molar-refractivity contribution in [1.82, 2.24) is 9.97 Å². The molecular weight excluding hydrogens is 265 g/mol. The number of rotatable bonds is 1. The van der Waals surface area contributed by atoms with Crippen molar-refractivity contribution < 1.29 is 0 Å². The van der Waals surface area contributed by atoms with E-state index in [4.69, 9.17) is 17.3 Å². The number of halogens is 2. The zero-order valence-corrected chi connectivity index (χ0v) is 9.85. The zero-order chi connectivity index (χ0) is 10.3. The van der Waals surface area contributed by atoms with Gasteiger partial charge in [0.1, 0.15) is 11.3 Å². The van der Waals surface area contributed by atoms with E-state index in [1.54, 1.807) is 0 Å². The summed E-state index contributed by atoms with van der Waals surface area (Å²) in [7, 11) is 0. The third-order valence-electron chi connectivity index (χ3n) is 2.00. The van der Waals surface area contributed by atoms with E-state index in [1.807, 2.05) is 19.1 Å². The number of nitrogens with one attached hydrogen (secondary N) is 1. The van der Waals surface area contributed by atoms with Gasteiger partial charge in [-0.15, -0.1) is 0 Å². The first-order valence-electron chi connectivity index (χ1n) is 4.19. The van der Waals surface area contributed by atoms with E-state index < -0.39 is 0 Å². The van der Waals surface area contributed by atoms with Crippen LogP contribution in [0.3, 0.4) is 0 Å². The van der Waals surface area contributed by atoms with Crippen LogP contribution in [-0.2, 0) is 0 Å². The number of nitrogens with two attached hydrogens (primary N) is 1. The van der Waals surface area contributed by atoms with Crippen molar-refractivity contribution in [3.05, 3.63) is 27.5 Å². The van der Waals surface area contributed by atoms with Gasteiger partial charge in [0.2, 0.25) is 0 Å². The average molecular weight is 275 g/mol. The summed E-state index contributed by atoms with van der Waals surface area (Å²) in [6, 6.07) is 3.69. The normalized spacial score (nSPS) is 13.4. The summed E-state index contributed by atoms with van der Waals surface area (Å²) < 4.78 is 0.842. The Labute approximate surface area is 94.8 Å². The van der Waals surface area contributed by atoms with Gasteiger partial charge in [-0.05, 0) is 35.0 Å². The zero-order valence-electron chi connectivity index (χ0n) is 7.51. The van der Waals surface area contributed by atoms with Gasteiger partial charge >= 0.3 is 0 Å². The molecular formula is C9H9BrClN3. The fourth-order valence-electron chi connectivity index (χ4n) is 1.25. The number of fused-ring (bicyclic) bond motifs is 1. The van der Waals surface area contributed by atoms with Crippen molar-refractivity contribution in [3.8, 4) is 0 Å². The summed E-state index contributed by atoms with van der Waals surface area (Å²) >= 11 is 9.42. The quantitative estimate of drug-likeness (QED) is 0.840. The number of benzene rings is 1. The minimum Gasteiger partial charge on any atom is -0.341 e. The topological polar surface area (TPSA) is 54.7 Å². The Morgan fingerprint density at radius 1 is 1.57 bits per heavy atom. The Morgan fingerprint density at radius 3 is 2.93 bits per heavy atom. The van der Waals surface area contributed by atoms with Gasteiger partial charge in [0.25, 0.3) is 0 Å². The maximum atomic E-state index is 6.07. The van der Waals surface area contributed by atoms with Crippen molar-refractivity contribution in [2.45, 2.75) is 13.0 Å². The largest absolute Gasteiger partial charge is 0.341 e. The van der Waals surface area contributed by atoms with Crippen LogP contribution in [0.5, 0.6) is 0 Å². The van der Waals surface area contributed by atoms with E-state index in [9.17, 15) is 0 Å². The van der Waals surface area contributed by atoms with E-state index in [-0.39, 0.29) is 6.04 Å². The highest BCUT2D eigenvalue weighted by atomic mass is 79.9. The summed E-state index contributed by atoms with van der Waals surface area (Å²) in [5.41, 5.74) is 7.38. The molecule has 0 saturated heterocycles. The summed E-state index contributed by atoms with van der Waals surface area (Å²) in [4.78, 5) is 7.45. The maximum Gasteiger partial charge on any atom is 0.124 e. The number of aromatic nitrogens is 2. The van der Waals surface area contributed by atoms with Gasteiger partial charge in [0.15, 0.2) is 0 Å². The highest BCUT2D eigenvalue weighted by Gasteiger charge is 2.10. The summed E-state index contributed by atoms with van der Waals surface area (Å²) in [5.74, 6) is 0.750. The molecule has 0 bridgehead atoms. The number of aromatic amines is 1. The van der Waals surface area contributed by atoms with E-state index in [1.165, 1.54) is 0 Å². The summed E-state index contributed by atoms with van der Waals surface area (Å²) in [6.45, 7) is 1.88. The lowest BCUT2D eigenvalue weighted by atomic mass is 10.3. The molecule has 1 aromatic heterocycles. The van der Waals surface area contributed by atoms with Crippen molar-refractivity contribution in [2.24, 2.45) is 5.73 Å². The van der Waals surface area contributed by atoms with Gasteiger partial charge in [-0.2, -0.15) is 0 Å². The average Bonchev–Trinajstić information content (AvgIpc) is 2.56. The molecule has 2 rings (SSSR count). The maximum absolute atomic E-state index is 6.07. The molecule has 0 aliphatic rings. The van der Waals surface area contributed by atoms with Crippen molar-refractivity contribution in [2.75, 3.05) is 0 Å². The minimum absolute atomic E-state index is 0.114. The SMILES string of the molecule is C[C@@H](N)c1nc2c(Cl)c(Br)ccc2[nH]1. The van der Waals surface area contributed by atoms with Crippen molar-refractivity contribution >= 4 is 38.6 Å². The predicted octanol–water partition coefficient (Wildman–Crippen LogP) is 3.00. The molecule has 0 aliphatic heterocycles. The lowest BCUT2D eigenvalue weighted by Crippen LogP contribution is -2.06. The van der Waals surface area contributed by atoms with Crippen molar-refractivity contribution in [1.29, 1.82) is 0 Å². The van der Waals surface area contributed by atoms with Crippen LogP contribution in [0.25, 0.3) is 11.0 Å². The third-order valence-corrected chi connectivity index (χ3v) is 3.27. The molecule has 14 heavy (non-hydrogen) atoms. The first-order valence-corrected chi connectivity index (χ1v) is 5.36. The fourth-order valence-corrected chi connectivity index (χ4v) is 1.78. The lowest BCUT2D eigenvalue weighted by molar-refractivity contribution is 0.760. The minimum atomic E-state index is -0.114. The van der Waals surface area contributed by atoms with Gasteiger partial charge in [0, 0.05) is 4.47 Å². The van der Waals surface area contributed by atoms with Gasteiger partial charge in [0.05, 0.1) is 16.6 Å². The molecule has 5 heteroatoms. The van der Waals surface area contributed by atoms with Gasteiger partial charge in [-0.1, -0.05) is 11.6 Å². The lowest BCUT2D eigenvalue weighted by Gasteiger charge is -1.96. The van der Waals surface area contributed by atoms with E-state index in [0.29, 0.717) is 5.02 Å². The van der Waals surface area contributed by atoms with E-state index in [2.05, 4.69) is 25.9 Å². The van der Waals surface area contributed by atoms with Crippen molar-refractivity contribution in [3.63, 3.8) is 0 Å². The molecule has 0 saturated carbocycles. The fraction of sp³-hybridized carbons (Fsp3) is 0.222. The van der Waals surface area contributed by atoms with Gasteiger partial charge < -0.3 is 10.7 Å². The van der Waals surface area contributed by atoms with E-state index in [0.717, 1.165) is 21.3 Å². The molecule has 0 fully saturated rings. The second kappa shape index (κ2) is 3.53. The predicted molar refractivity (Wildman–Crippen MR) is 61.4 cm³/mol. The molecule has 0 aliphatic carbocycles. The van der Waals surface area contributed by atoms with Crippen LogP contribution in [0.2, 0.25) is 5.02 Å². The molecule has 74 valence electrons. The van der Waals surface area contributed by atoms with Crippen LogP contribution in [0, 0.1) is 0 Å². The smallest absolute Gasteiger partial charge is 0.124 e. The summed E-state index contributed by atoms with van der Waals surface area (Å²) in [5, 5.41) is 0.616. The van der Waals surface area contributed by atoms with Gasteiger partial charge in [-0.25, -0.2) is 4.98 Å². The summed E-state index contributed by atoms with van der Waals surface area (Å²) in [6.07, 6.45) is 0. The van der Waals surface area contributed by atoms with Gasteiger partial charge in [-0.3, -0.25) is 0 Å². The molecule has 3 N–H and O–H groups in total. The molecule has 1 heterocycles. The Balaban J connectivity index is 2.71. The van der Waals surface area contributed by atoms with Crippen LogP contribution in [-0.4, -0.2) is 9.97 Å². The molecule has 1 atom stereocenters. The third kappa shape index (κ3) is 1.54. The Kier molecular flexibility index (Phi) is 2.51. The van der Waals surface area contributed by atoms with Crippen LogP contribution in [0.4, 0.5) is 0 Å². The molecule has 1 aromatic carbocycles. The highest BCUT2D eigenvalue weighted by molar-refractivity contribution is 9.10. The number of hydrogen-bond donors (Lipinski definition) is 2. The Bertz CT molecular complexity index is 478. The number of H-pyrrole nitrogens is 1. The van der Waals surface area contributed by atoms with Crippen LogP contribution in [0.1, 0.15) is 18.8 Å². The molecule has 0 amide bonds. The Hall–Kier alpha value is -0.580. The van der Waals surface area contributed by atoms with Crippen LogP contribution >= 0.6 is 27.5 Å². The molecule has 3 nitrogen and oxygen atoms in total. The molecule has 0 unspecified atom stereocenters. The first kappa shape index (κ1) is 9.96. The molecule has 0 spiro atoms. The Morgan fingerprint density at radius 2 is 2.29 bits per heavy atom. The number of hydrogen-bond acceptors (Lipinski definition) is 2. The number of imidazole rings is 1. The molecule has 0 radical (unpaired) electrons. The molecule has 2 aromatic rings. The first-order chi connectivity index (χ1) is 6.59. The second-order valence-electron chi connectivity index (χ2n) is 3.17. The monoisotopic (exact) mass is 273 g/mol. The van der Waals surface area contributed by atoms with Crippen LogP contribution in [0.15, 0.2) is 16.6 Å². The number of nitrogens with zero attached hydrogens (tertiary/aromatic N) is 1. The standard InChI is InChI=1S/C9H9BrClN3/c1-4(12)9-13-6-3-2-5(10)7(11)8(6)14-9/h2-4H,12H2,1H3,(H,13,14)/t4-/m1/s1. The van der Waals surface area contributed by atoms with Crippen LogP contribution < -0.4 is 5.73 Å².